The molecular formula is C18H16N6OS. The Morgan fingerprint density at radius 1 is 1.19 bits per heavy atom. The first kappa shape index (κ1) is 17.6. The van der Waals surface area contributed by atoms with E-state index in [-0.39, 0.29) is 18.2 Å². The van der Waals surface area contributed by atoms with Gasteiger partial charge >= 0.3 is 0 Å². The summed E-state index contributed by atoms with van der Waals surface area (Å²) >= 11 is 1.24. The molecule has 7 nitrogen and oxygen atoms in total. The van der Waals surface area contributed by atoms with Gasteiger partial charge in [-0.1, -0.05) is 47.7 Å². The zero-order chi connectivity index (χ0) is 18.4. The minimum absolute atomic E-state index is 0.00763. The van der Waals surface area contributed by atoms with Crippen molar-refractivity contribution in [3.8, 4) is 11.8 Å². The fraction of sp³-hybridized carbons (Fsp3) is 0.167. The molecule has 0 unspecified atom stereocenters. The number of hydrogen-bond acceptors (Lipinski definition) is 6. The molecule has 1 amide bonds. The number of para-hydroxylation sites is 1. The second-order valence-electron chi connectivity index (χ2n) is 5.47. The van der Waals surface area contributed by atoms with Crippen molar-refractivity contribution in [2.45, 2.75) is 12.1 Å². The Kier molecular flexibility index (Phi) is 5.61. The standard InChI is InChI=1S/C18H16N6OS/c1-14-7-9-16(10-8-14)24-18(20-21-22-24)26-13-17(25)23(12-11-19)15-5-3-2-4-6-15/h2-10H,12-13H2,1H3. The van der Waals surface area contributed by atoms with Crippen molar-refractivity contribution >= 4 is 23.4 Å². The Morgan fingerprint density at radius 2 is 1.92 bits per heavy atom. The average molecular weight is 364 g/mol. The molecule has 1 aromatic heterocycles. The number of carbonyl (C=O) groups is 1. The van der Waals surface area contributed by atoms with Crippen molar-refractivity contribution in [2.75, 3.05) is 17.2 Å². The number of rotatable bonds is 6. The molecule has 2 aromatic carbocycles. The fourth-order valence-corrected chi connectivity index (χ4v) is 3.09. The molecular weight excluding hydrogens is 348 g/mol. The van der Waals surface area contributed by atoms with Crippen molar-refractivity contribution in [3.63, 3.8) is 0 Å². The van der Waals surface area contributed by atoms with Gasteiger partial charge < -0.3 is 0 Å². The molecule has 0 radical (unpaired) electrons. The lowest BCUT2D eigenvalue weighted by Crippen LogP contribution is -2.32. The Balaban J connectivity index is 1.73. The van der Waals surface area contributed by atoms with Crippen molar-refractivity contribution in [2.24, 2.45) is 0 Å². The number of anilines is 1. The Labute approximate surface area is 155 Å². The molecule has 26 heavy (non-hydrogen) atoms. The van der Waals surface area contributed by atoms with Crippen LogP contribution < -0.4 is 4.90 Å². The van der Waals surface area contributed by atoms with Crippen LogP contribution in [0.2, 0.25) is 0 Å². The molecule has 3 rings (SSSR count). The lowest BCUT2D eigenvalue weighted by atomic mass is 10.2. The first-order chi connectivity index (χ1) is 12.7. The van der Waals surface area contributed by atoms with Gasteiger partial charge in [0.2, 0.25) is 11.1 Å². The summed E-state index contributed by atoms with van der Waals surface area (Å²) < 4.78 is 1.59. The van der Waals surface area contributed by atoms with Crippen molar-refractivity contribution in [3.05, 3.63) is 60.2 Å². The van der Waals surface area contributed by atoms with Crippen LogP contribution in [0.1, 0.15) is 5.56 Å². The number of benzene rings is 2. The van der Waals surface area contributed by atoms with Crippen LogP contribution in [-0.2, 0) is 4.79 Å². The first-order valence-electron chi connectivity index (χ1n) is 7.89. The average Bonchev–Trinajstić information content (AvgIpc) is 3.14. The van der Waals surface area contributed by atoms with Gasteiger partial charge in [0, 0.05) is 5.69 Å². The molecule has 8 heteroatoms. The highest BCUT2D eigenvalue weighted by atomic mass is 32.2. The summed E-state index contributed by atoms with van der Waals surface area (Å²) in [5.41, 5.74) is 2.66. The summed E-state index contributed by atoms with van der Waals surface area (Å²) in [6, 6.07) is 18.9. The summed E-state index contributed by atoms with van der Waals surface area (Å²) in [5.74, 6) is -0.0517. The molecule has 0 N–H and O–H groups in total. The lowest BCUT2D eigenvalue weighted by molar-refractivity contribution is -0.116. The molecule has 0 bridgehead atoms. The van der Waals surface area contributed by atoms with Crippen molar-refractivity contribution in [1.82, 2.24) is 20.2 Å². The zero-order valence-corrected chi connectivity index (χ0v) is 14.9. The number of hydrogen-bond donors (Lipinski definition) is 0. The first-order valence-corrected chi connectivity index (χ1v) is 8.88. The van der Waals surface area contributed by atoms with Gasteiger partial charge in [-0.3, -0.25) is 9.69 Å². The maximum Gasteiger partial charge on any atom is 0.238 e. The fourth-order valence-electron chi connectivity index (χ4n) is 2.32. The van der Waals surface area contributed by atoms with Crippen LogP contribution in [-0.4, -0.2) is 38.4 Å². The van der Waals surface area contributed by atoms with Gasteiger partial charge in [0.05, 0.1) is 17.5 Å². The van der Waals surface area contributed by atoms with Crippen LogP contribution in [0.15, 0.2) is 59.8 Å². The zero-order valence-electron chi connectivity index (χ0n) is 14.1. The number of aryl methyl sites for hydroxylation is 1. The van der Waals surface area contributed by atoms with Crippen LogP contribution in [0, 0.1) is 18.3 Å². The van der Waals surface area contributed by atoms with Gasteiger partial charge in [-0.15, -0.1) is 5.10 Å². The molecule has 130 valence electrons. The maximum absolute atomic E-state index is 12.6. The SMILES string of the molecule is Cc1ccc(-n2nnnc2SCC(=O)N(CC#N)c2ccccc2)cc1. The van der Waals surface area contributed by atoms with E-state index in [1.807, 2.05) is 55.5 Å². The molecule has 0 atom stereocenters. The van der Waals surface area contributed by atoms with E-state index in [1.165, 1.54) is 16.7 Å². The number of thioether (sulfide) groups is 1. The Bertz CT molecular complexity index is 917. The molecule has 0 fully saturated rings. The van der Waals surface area contributed by atoms with E-state index >= 15 is 0 Å². The van der Waals surface area contributed by atoms with Gasteiger partial charge in [-0.25, -0.2) is 0 Å². The number of nitrogens with zero attached hydrogens (tertiary/aromatic N) is 6. The van der Waals surface area contributed by atoms with Gasteiger partial charge in [-0.05, 0) is 41.6 Å². The number of amides is 1. The highest BCUT2D eigenvalue weighted by Gasteiger charge is 2.18. The lowest BCUT2D eigenvalue weighted by Gasteiger charge is -2.19. The molecule has 0 aliphatic rings. The van der Waals surface area contributed by atoms with E-state index in [4.69, 9.17) is 5.26 Å². The van der Waals surface area contributed by atoms with Crippen molar-refractivity contribution < 1.29 is 4.79 Å². The Hall–Kier alpha value is -3.18. The van der Waals surface area contributed by atoms with E-state index in [0.29, 0.717) is 10.8 Å². The smallest absolute Gasteiger partial charge is 0.238 e. The second-order valence-corrected chi connectivity index (χ2v) is 6.41. The van der Waals surface area contributed by atoms with E-state index < -0.39 is 0 Å². The van der Waals surface area contributed by atoms with Crippen LogP contribution >= 0.6 is 11.8 Å². The third-order valence-electron chi connectivity index (χ3n) is 3.64. The summed E-state index contributed by atoms with van der Waals surface area (Å²) in [7, 11) is 0. The summed E-state index contributed by atoms with van der Waals surface area (Å²) in [6.07, 6.45) is 0. The maximum atomic E-state index is 12.6. The molecule has 0 spiro atoms. The van der Waals surface area contributed by atoms with Gasteiger partial charge in [0.25, 0.3) is 0 Å². The van der Waals surface area contributed by atoms with E-state index in [1.54, 1.807) is 16.8 Å². The summed E-state index contributed by atoms with van der Waals surface area (Å²) in [5, 5.41) is 21.2. The number of nitriles is 1. The second kappa shape index (κ2) is 8.27. The van der Waals surface area contributed by atoms with Crippen LogP contribution in [0.5, 0.6) is 0 Å². The van der Waals surface area contributed by atoms with Gasteiger partial charge in [0.1, 0.15) is 6.54 Å². The molecule has 1 heterocycles. The highest BCUT2D eigenvalue weighted by molar-refractivity contribution is 7.99. The quantitative estimate of drug-likeness (QED) is 0.493. The number of carbonyl (C=O) groups excluding carboxylic acids is 1. The Morgan fingerprint density at radius 3 is 2.62 bits per heavy atom. The topological polar surface area (TPSA) is 87.7 Å². The third-order valence-corrected chi connectivity index (χ3v) is 4.55. The minimum Gasteiger partial charge on any atom is -0.298 e. The van der Waals surface area contributed by atoms with Gasteiger partial charge in [-0.2, -0.15) is 9.94 Å². The number of aromatic nitrogens is 4. The monoisotopic (exact) mass is 364 g/mol. The van der Waals surface area contributed by atoms with Crippen LogP contribution in [0.25, 0.3) is 5.69 Å². The van der Waals surface area contributed by atoms with Crippen molar-refractivity contribution in [1.29, 1.82) is 5.26 Å². The van der Waals surface area contributed by atoms with E-state index in [9.17, 15) is 4.79 Å². The third kappa shape index (κ3) is 4.07. The molecule has 0 saturated heterocycles. The van der Waals surface area contributed by atoms with E-state index in [0.717, 1.165) is 11.3 Å². The largest absolute Gasteiger partial charge is 0.298 e. The predicted octanol–water partition coefficient (Wildman–Crippen LogP) is 2.62. The summed E-state index contributed by atoms with van der Waals surface area (Å²) in [6.45, 7) is 2.00. The van der Waals surface area contributed by atoms with E-state index in [2.05, 4.69) is 15.5 Å². The minimum atomic E-state index is -0.179. The molecule has 0 saturated carbocycles. The summed E-state index contributed by atoms with van der Waals surface area (Å²) in [4.78, 5) is 14.0. The highest BCUT2D eigenvalue weighted by Crippen LogP contribution is 2.21. The molecule has 3 aromatic rings. The van der Waals surface area contributed by atoms with Crippen LogP contribution in [0.4, 0.5) is 5.69 Å². The molecule has 0 aliphatic carbocycles. The van der Waals surface area contributed by atoms with Gasteiger partial charge in [0.15, 0.2) is 0 Å². The normalized spacial score (nSPS) is 10.3. The molecule has 0 aliphatic heterocycles. The number of tetrazole rings is 1. The predicted molar refractivity (Wildman–Crippen MR) is 99.0 cm³/mol. The van der Waals surface area contributed by atoms with Crippen LogP contribution in [0.3, 0.4) is 0 Å².